The van der Waals surface area contributed by atoms with Crippen molar-refractivity contribution >= 4 is 29.0 Å². The zero-order valence-corrected chi connectivity index (χ0v) is 27.6. The monoisotopic (exact) mass is 614 g/mol. The molecule has 5 aliphatic rings. The van der Waals surface area contributed by atoms with Gasteiger partial charge in [-0.1, -0.05) is 32.1 Å². The number of anilines is 1. The number of fused-ring (bicyclic) bond motifs is 4. The molecule has 2 aromatic carbocycles. The highest BCUT2D eigenvalue weighted by Gasteiger charge is 2.44. The topological polar surface area (TPSA) is 83.7 Å². The highest BCUT2D eigenvalue weighted by atomic mass is 16.4. The molecule has 0 aromatic heterocycles. The molecular formula is C40H42N2O4. The van der Waals surface area contributed by atoms with Gasteiger partial charge in [-0.2, -0.15) is 4.58 Å². The van der Waals surface area contributed by atoms with Crippen LogP contribution in [0.25, 0.3) is 0 Å². The molecule has 3 aliphatic carbocycles. The van der Waals surface area contributed by atoms with E-state index in [4.69, 9.17) is 0 Å². The van der Waals surface area contributed by atoms with Crippen molar-refractivity contribution < 1.29 is 24.4 Å². The van der Waals surface area contributed by atoms with Gasteiger partial charge >= 0.3 is 5.97 Å². The molecule has 6 heteroatoms. The van der Waals surface area contributed by atoms with Crippen molar-refractivity contribution in [3.63, 3.8) is 0 Å². The minimum Gasteiger partial charge on any atom is -0.545 e. The first-order chi connectivity index (χ1) is 21.8. The minimum atomic E-state index is -1.14. The summed E-state index contributed by atoms with van der Waals surface area (Å²) in [6, 6.07) is 10.8. The first kappa shape index (κ1) is 30.2. The lowest BCUT2D eigenvalue weighted by molar-refractivity contribution is -0.401. The molecule has 2 aliphatic heterocycles. The van der Waals surface area contributed by atoms with Crippen LogP contribution in [-0.2, 0) is 10.8 Å². The van der Waals surface area contributed by atoms with E-state index in [1.54, 1.807) is 18.2 Å². The normalized spacial score (nSPS) is 25.8. The molecule has 0 amide bonds. The maximum absolute atomic E-state index is 11.7. The van der Waals surface area contributed by atoms with Gasteiger partial charge in [0.25, 0.3) is 0 Å². The summed E-state index contributed by atoms with van der Waals surface area (Å²) >= 11 is 0. The second kappa shape index (κ2) is 10.5. The molecule has 46 heavy (non-hydrogen) atoms. The van der Waals surface area contributed by atoms with Gasteiger partial charge in [0.1, 0.15) is 7.05 Å². The highest BCUT2D eigenvalue weighted by Crippen LogP contribution is 2.50. The first-order valence-electron chi connectivity index (χ1n) is 16.4. The lowest BCUT2D eigenvalue weighted by atomic mass is 9.69. The lowest BCUT2D eigenvalue weighted by Crippen LogP contribution is -2.28. The van der Waals surface area contributed by atoms with E-state index < -0.39 is 11.9 Å². The Bertz CT molecular complexity index is 1910. The number of carboxylic acid groups (broad SMARTS) is 2. The molecule has 0 saturated heterocycles. The predicted octanol–water partition coefficient (Wildman–Crippen LogP) is 7.00. The number of carbonyl (C=O) groups excluding carboxylic acids is 1. The van der Waals surface area contributed by atoms with Crippen molar-refractivity contribution in [3.8, 4) is 0 Å². The number of carboxylic acids is 2. The summed E-state index contributed by atoms with van der Waals surface area (Å²) in [5.74, 6) is -0.873. The highest BCUT2D eigenvalue weighted by molar-refractivity contribution is 6.04. The number of hydrogen-bond acceptors (Lipinski definition) is 4. The second-order valence-electron chi connectivity index (χ2n) is 14.8. The molecule has 1 N–H and O–H groups in total. The number of rotatable bonds is 4. The molecule has 2 heterocycles. The van der Waals surface area contributed by atoms with Crippen LogP contribution >= 0.6 is 0 Å². The van der Waals surface area contributed by atoms with Crippen molar-refractivity contribution in [2.45, 2.75) is 70.6 Å². The number of hydrogen-bond donors (Lipinski definition) is 1. The Kier molecular flexibility index (Phi) is 6.93. The van der Waals surface area contributed by atoms with Crippen LogP contribution in [0.3, 0.4) is 0 Å². The lowest BCUT2D eigenvalue weighted by Gasteiger charge is -2.36. The van der Waals surface area contributed by atoms with Crippen molar-refractivity contribution in [2.24, 2.45) is 11.8 Å². The summed E-state index contributed by atoms with van der Waals surface area (Å²) in [6.45, 7) is 8.71. The van der Waals surface area contributed by atoms with E-state index in [2.05, 4.69) is 81.6 Å². The Hall–Kier alpha value is -4.45. The Labute approximate surface area is 271 Å². The van der Waals surface area contributed by atoms with E-state index in [0.717, 1.165) is 48.2 Å². The van der Waals surface area contributed by atoms with Gasteiger partial charge in [-0.05, 0) is 128 Å². The Morgan fingerprint density at radius 2 is 1.57 bits per heavy atom. The molecule has 236 valence electrons. The molecule has 7 rings (SSSR count). The molecule has 2 atom stereocenters. The third kappa shape index (κ3) is 4.72. The fourth-order valence-corrected chi connectivity index (χ4v) is 8.61. The van der Waals surface area contributed by atoms with Crippen LogP contribution in [0.4, 0.5) is 11.4 Å². The van der Waals surface area contributed by atoms with E-state index in [1.807, 2.05) is 18.2 Å². The number of nitrogens with zero attached hydrogens (tertiary/aromatic N) is 2. The van der Waals surface area contributed by atoms with Crippen molar-refractivity contribution in [1.29, 1.82) is 0 Å². The molecule has 2 unspecified atom stereocenters. The maximum Gasteiger partial charge on any atom is 0.335 e. The zero-order chi connectivity index (χ0) is 32.7. The van der Waals surface area contributed by atoms with Gasteiger partial charge in [-0.15, -0.1) is 0 Å². The maximum atomic E-state index is 11.7. The third-order valence-corrected chi connectivity index (χ3v) is 11.3. The Morgan fingerprint density at radius 3 is 2.28 bits per heavy atom. The molecule has 0 bridgehead atoms. The summed E-state index contributed by atoms with van der Waals surface area (Å²) in [5.41, 5.74) is 12.0. The van der Waals surface area contributed by atoms with E-state index in [1.165, 1.54) is 40.1 Å². The van der Waals surface area contributed by atoms with Gasteiger partial charge < -0.3 is 19.9 Å². The standard InChI is InChI=1S/C40H42N2O4/c1-39(2)31-21-27(37(43)44)11-13-33(31)41(5)35(39)17-23-7-9-25-19-26-10-8-24(16-30(26)20-29(25)15-23)18-36-40(3,4)32-22-28(38(45)46)12-14-34(32)42(36)6/h11-18,20-22,25-26H,7-10,19H2,1-6H3,(H-,43,44,45,46). The average molecular weight is 615 g/mol. The van der Waals surface area contributed by atoms with Crippen LogP contribution < -0.4 is 10.0 Å². The van der Waals surface area contributed by atoms with E-state index in [9.17, 15) is 19.8 Å². The van der Waals surface area contributed by atoms with Crippen molar-refractivity contribution in [1.82, 2.24) is 0 Å². The van der Waals surface area contributed by atoms with Gasteiger partial charge in [0.2, 0.25) is 5.69 Å². The van der Waals surface area contributed by atoms with E-state index >= 15 is 0 Å². The Balaban J connectivity index is 1.19. The summed E-state index contributed by atoms with van der Waals surface area (Å²) in [4.78, 5) is 25.5. The van der Waals surface area contributed by atoms with Crippen LogP contribution in [0, 0.1) is 11.8 Å². The van der Waals surface area contributed by atoms with Crippen LogP contribution in [0.5, 0.6) is 0 Å². The Morgan fingerprint density at radius 1 is 0.891 bits per heavy atom. The van der Waals surface area contributed by atoms with Crippen LogP contribution in [0.15, 0.2) is 94.8 Å². The minimum absolute atomic E-state index is 0.218. The molecule has 2 aromatic rings. The number of aromatic carboxylic acids is 2. The number of carbonyl (C=O) groups is 2. The molecule has 6 nitrogen and oxygen atoms in total. The number of benzene rings is 2. The van der Waals surface area contributed by atoms with Crippen LogP contribution in [-0.4, -0.2) is 41.4 Å². The first-order valence-corrected chi connectivity index (χ1v) is 16.4. The van der Waals surface area contributed by atoms with Gasteiger partial charge in [-0.3, -0.25) is 0 Å². The van der Waals surface area contributed by atoms with Gasteiger partial charge in [-0.25, -0.2) is 4.79 Å². The molecule has 0 radical (unpaired) electrons. The average Bonchev–Trinajstić information content (AvgIpc) is 3.33. The van der Waals surface area contributed by atoms with Gasteiger partial charge in [0.15, 0.2) is 5.71 Å². The van der Waals surface area contributed by atoms with Gasteiger partial charge in [0, 0.05) is 41.6 Å². The molecule has 0 saturated carbocycles. The van der Waals surface area contributed by atoms with Crippen molar-refractivity contribution in [3.05, 3.63) is 117 Å². The van der Waals surface area contributed by atoms with Crippen LogP contribution in [0.1, 0.15) is 91.6 Å². The number of allylic oxidation sites excluding steroid dienone is 10. The predicted molar refractivity (Wildman–Crippen MR) is 180 cm³/mol. The SMILES string of the molecule is CN1/C(=C/C2=CC3=CC4=C/C(=C/C5=[N+](C)c6ccc(C(=O)[O-])cc6C5(C)C)CCC4CC3CC2)C(C)(C)c2cc(C(=O)O)ccc21. The van der Waals surface area contributed by atoms with Gasteiger partial charge in [0.05, 0.1) is 16.9 Å². The molecular weight excluding hydrogens is 572 g/mol. The fraction of sp³-hybridized carbons (Fsp3) is 0.375. The fourth-order valence-electron chi connectivity index (χ4n) is 8.61. The van der Waals surface area contributed by atoms with Crippen molar-refractivity contribution in [2.75, 3.05) is 19.0 Å². The van der Waals surface area contributed by atoms with E-state index in [0.29, 0.717) is 17.4 Å². The number of likely N-dealkylation sites (N-methyl/N-ethyl adjacent to an activating group) is 1. The second-order valence-corrected chi connectivity index (χ2v) is 14.8. The zero-order valence-electron chi connectivity index (χ0n) is 27.6. The summed E-state index contributed by atoms with van der Waals surface area (Å²) < 4.78 is 2.20. The summed E-state index contributed by atoms with van der Waals surface area (Å²) in [5, 5.41) is 21.2. The smallest absolute Gasteiger partial charge is 0.335 e. The third-order valence-electron chi connectivity index (χ3n) is 11.3. The summed E-state index contributed by atoms with van der Waals surface area (Å²) in [6.07, 6.45) is 17.5. The molecule has 0 fully saturated rings. The van der Waals surface area contributed by atoms with Crippen LogP contribution in [0.2, 0.25) is 0 Å². The summed E-state index contributed by atoms with van der Waals surface area (Å²) in [7, 11) is 4.15. The quantitative estimate of drug-likeness (QED) is 0.375. The largest absolute Gasteiger partial charge is 0.545 e. The van der Waals surface area contributed by atoms with E-state index in [-0.39, 0.29) is 16.4 Å². The molecule has 0 spiro atoms.